The summed E-state index contributed by atoms with van der Waals surface area (Å²) in [4.78, 5) is 25.7. The molecule has 0 unspecified atom stereocenters. The Morgan fingerprint density at radius 3 is 2.46 bits per heavy atom. The molecule has 0 spiro atoms. The molecule has 1 saturated heterocycles. The number of anilines is 2. The van der Waals surface area contributed by atoms with Gasteiger partial charge in [-0.3, -0.25) is 9.59 Å². The highest BCUT2D eigenvalue weighted by Crippen LogP contribution is 2.23. The Balaban J connectivity index is 1.59. The van der Waals surface area contributed by atoms with Crippen molar-refractivity contribution >= 4 is 23.2 Å². The van der Waals surface area contributed by atoms with E-state index in [1.165, 1.54) is 0 Å². The third-order valence-electron chi connectivity index (χ3n) is 4.16. The summed E-state index contributed by atoms with van der Waals surface area (Å²) in [6, 6.07) is 16.4. The van der Waals surface area contributed by atoms with Crippen LogP contribution in [0.4, 0.5) is 11.4 Å². The number of nitrogens with one attached hydrogen (secondary N) is 1. The van der Waals surface area contributed by atoms with Crippen LogP contribution in [0.15, 0.2) is 54.6 Å². The molecule has 2 aromatic rings. The summed E-state index contributed by atoms with van der Waals surface area (Å²) in [6.45, 7) is 0.756. The van der Waals surface area contributed by atoms with Crippen molar-refractivity contribution in [3.05, 3.63) is 60.2 Å². The van der Waals surface area contributed by atoms with Crippen molar-refractivity contribution in [1.29, 1.82) is 0 Å². The minimum atomic E-state index is -0.604. The number of hydrogen-bond donors (Lipinski definition) is 2. The predicted molar refractivity (Wildman–Crippen MR) is 94.8 cm³/mol. The first-order valence-electron chi connectivity index (χ1n) is 8.14. The number of hydrogen-bond acceptors (Lipinski definition) is 3. The molecule has 1 fully saturated rings. The molecule has 124 valence electrons. The molecule has 2 amide bonds. The number of nitrogens with two attached hydrogens (primary N) is 1. The molecule has 1 aliphatic rings. The Bertz CT molecular complexity index is 713. The fourth-order valence-corrected chi connectivity index (χ4v) is 2.84. The summed E-state index contributed by atoms with van der Waals surface area (Å²) < 4.78 is 0. The molecule has 0 radical (unpaired) electrons. The number of nitrogens with zero attached hydrogens (tertiary/aromatic N) is 1. The van der Waals surface area contributed by atoms with Gasteiger partial charge in [0.05, 0.1) is 6.04 Å². The average Bonchev–Trinajstić information content (AvgIpc) is 3.02. The van der Waals surface area contributed by atoms with Crippen LogP contribution in [0.2, 0.25) is 0 Å². The summed E-state index contributed by atoms with van der Waals surface area (Å²) in [5.74, 6) is -0.0690. The maximum Gasteiger partial charge on any atom is 0.241 e. The number of benzene rings is 2. The number of amides is 2. The summed E-state index contributed by atoms with van der Waals surface area (Å²) in [5, 5.41) is 2.82. The normalized spacial score (nSPS) is 15.4. The van der Waals surface area contributed by atoms with Crippen LogP contribution in [-0.4, -0.2) is 24.4 Å². The zero-order chi connectivity index (χ0) is 16.9. The second kappa shape index (κ2) is 7.27. The Labute approximate surface area is 141 Å². The lowest BCUT2D eigenvalue weighted by molar-refractivity contribution is -0.118. The van der Waals surface area contributed by atoms with Gasteiger partial charge in [-0.15, -0.1) is 0 Å². The van der Waals surface area contributed by atoms with Gasteiger partial charge in [-0.2, -0.15) is 0 Å². The molecule has 1 atom stereocenters. The van der Waals surface area contributed by atoms with Crippen molar-refractivity contribution in [3.63, 3.8) is 0 Å². The zero-order valence-corrected chi connectivity index (χ0v) is 13.4. The van der Waals surface area contributed by atoms with Crippen LogP contribution in [0.25, 0.3) is 0 Å². The van der Waals surface area contributed by atoms with Crippen molar-refractivity contribution in [1.82, 2.24) is 0 Å². The lowest BCUT2D eigenvalue weighted by Gasteiger charge is -2.17. The minimum Gasteiger partial charge on any atom is -0.325 e. The number of rotatable bonds is 5. The number of carbonyl (C=O) groups is 2. The third-order valence-corrected chi connectivity index (χ3v) is 4.16. The molecule has 5 heteroatoms. The fourth-order valence-electron chi connectivity index (χ4n) is 2.84. The molecule has 24 heavy (non-hydrogen) atoms. The van der Waals surface area contributed by atoms with Crippen LogP contribution in [0.5, 0.6) is 0 Å². The molecule has 0 aliphatic carbocycles. The van der Waals surface area contributed by atoms with Gasteiger partial charge in [-0.05, 0) is 42.7 Å². The van der Waals surface area contributed by atoms with E-state index in [9.17, 15) is 9.59 Å². The Morgan fingerprint density at radius 2 is 1.83 bits per heavy atom. The monoisotopic (exact) mass is 323 g/mol. The smallest absolute Gasteiger partial charge is 0.241 e. The maximum absolute atomic E-state index is 12.2. The molecule has 0 aromatic heterocycles. The highest BCUT2D eigenvalue weighted by atomic mass is 16.2. The third kappa shape index (κ3) is 3.81. The largest absolute Gasteiger partial charge is 0.325 e. The Hall–Kier alpha value is -2.66. The topological polar surface area (TPSA) is 75.4 Å². The van der Waals surface area contributed by atoms with E-state index in [4.69, 9.17) is 5.73 Å². The SMILES string of the molecule is N[C@@H](Cc1ccccc1)C(=O)Nc1ccc(N2CCCC2=O)cc1. The van der Waals surface area contributed by atoms with Crippen molar-refractivity contribution in [3.8, 4) is 0 Å². The first kappa shape index (κ1) is 16.2. The van der Waals surface area contributed by atoms with Gasteiger partial charge in [0.1, 0.15) is 0 Å². The highest BCUT2D eigenvalue weighted by Gasteiger charge is 2.21. The molecule has 5 nitrogen and oxygen atoms in total. The van der Waals surface area contributed by atoms with Crippen LogP contribution in [0.1, 0.15) is 18.4 Å². The molecule has 1 heterocycles. The molecular weight excluding hydrogens is 302 g/mol. The summed E-state index contributed by atoms with van der Waals surface area (Å²) >= 11 is 0. The lowest BCUT2D eigenvalue weighted by Crippen LogP contribution is -2.37. The van der Waals surface area contributed by atoms with Gasteiger partial charge in [0, 0.05) is 24.3 Å². The van der Waals surface area contributed by atoms with Crippen molar-refractivity contribution in [2.24, 2.45) is 5.73 Å². The van der Waals surface area contributed by atoms with Crippen LogP contribution in [0.3, 0.4) is 0 Å². The van der Waals surface area contributed by atoms with Crippen LogP contribution >= 0.6 is 0 Å². The Morgan fingerprint density at radius 1 is 1.12 bits per heavy atom. The molecule has 2 aromatic carbocycles. The van der Waals surface area contributed by atoms with E-state index in [-0.39, 0.29) is 11.8 Å². The summed E-state index contributed by atoms with van der Waals surface area (Å²) in [6.07, 6.45) is 1.99. The van der Waals surface area contributed by atoms with Crippen molar-refractivity contribution < 1.29 is 9.59 Å². The minimum absolute atomic E-state index is 0.150. The van der Waals surface area contributed by atoms with Crippen LogP contribution in [0, 0.1) is 0 Å². The van der Waals surface area contributed by atoms with Crippen molar-refractivity contribution in [2.75, 3.05) is 16.8 Å². The van der Waals surface area contributed by atoms with E-state index < -0.39 is 6.04 Å². The van der Waals surface area contributed by atoms with E-state index in [1.54, 1.807) is 17.0 Å². The zero-order valence-electron chi connectivity index (χ0n) is 13.4. The van der Waals surface area contributed by atoms with Gasteiger partial charge in [0.25, 0.3) is 0 Å². The predicted octanol–water partition coefficient (Wildman–Crippen LogP) is 2.32. The van der Waals surface area contributed by atoms with Crippen LogP contribution in [-0.2, 0) is 16.0 Å². The molecule has 3 N–H and O–H groups in total. The van der Waals surface area contributed by atoms with Gasteiger partial charge in [-0.25, -0.2) is 0 Å². The van der Waals surface area contributed by atoms with E-state index in [0.717, 1.165) is 24.2 Å². The quantitative estimate of drug-likeness (QED) is 0.886. The maximum atomic E-state index is 12.2. The summed E-state index contributed by atoms with van der Waals surface area (Å²) in [7, 11) is 0. The van der Waals surface area contributed by atoms with E-state index in [1.807, 2.05) is 42.5 Å². The molecule has 0 bridgehead atoms. The van der Waals surface area contributed by atoms with Gasteiger partial charge in [0.2, 0.25) is 11.8 Å². The van der Waals surface area contributed by atoms with Gasteiger partial charge in [-0.1, -0.05) is 30.3 Å². The summed E-state index contributed by atoms with van der Waals surface area (Å²) in [5.41, 5.74) is 8.55. The molecule has 1 aliphatic heterocycles. The number of carbonyl (C=O) groups excluding carboxylic acids is 2. The molecule has 3 rings (SSSR count). The van der Waals surface area contributed by atoms with Crippen LogP contribution < -0.4 is 16.0 Å². The van der Waals surface area contributed by atoms with E-state index >= 15 is 0 Å². The molecular formula is C19H21N3O2. The van der Waals surface area contributed by atoms with Gasteiger partial charge < -0.3 is 16.0 Å². The first-order chi connectivity index (χ1) is 11.6. The highest BCUT2D eigenvalue weighted by molar-refractivity contribution is 5.97. The average molecular weight is 323 g/mol. The van der Waals surface area contributed by atoms with Gasteiger partial charge >= 0.3 is 0 Å². The van der Waals surface area contributed by atoms with Gasteiger partial charge in [0.15, 0.2) is 0 Å². The fraction of sp³-hybridized carbons (Fsp3) is 0.263. The standard InChI is InChI=1S/C19H21N3O2/c20-17(13-14-5-2-1-3-6-14)19(24)21-15-8-10-16(11-9-15)22-12-4-7-18(22)23/h1-3,5-6,8-11,17H,4,7,12-13,20H2,(H,21,24)/t17-/m0/s1. The lowest BCUT2D eigenvalue weighted by atomic mass is 10.1. The first-order valence-corrected chi connectivity index (χ1v) is 8.14. The molecule has 0 saturated carbocycles. The second-order valence-corrected chi connectivity index (χ2v) is 5.98. The van der Waals surface area contributed by atoms with E-state index in [2.05, 4.69) is 5.32 Å². The second-order valence-electron chi connectivity index (χ2n) is 5.98. The van der Waals surface area contributed by atoms with E-state index in [0.29, 0.717) is 18.5 Å². The Kier molecular flexibility index (Phi) is 4.91. The van der Waals surface area contributed by atoms with Crippen molar-refractivity contribution in [2.45, 2.75) is 25.3 Å².